The number of para-hydroxylation sites is 1. The van der Waals surface area contributed by atoms with E-state index in [1.54, 1.807) is 0 Å². The molecule has 1 saturated heterocycles. The van der Waals surface area contributed by atoms with Gasteiger partial charge < -0.3 is 14.2 Å². The fraction of sp³-hybridized carbons (Fsp3) is 0.545. The molecule has 0 bridgehead atoms. The van der Waals surface area contributed by atoms with Gasteiger partial charge in [-0.2, -0.15) is 0 Å². The van der Waals surface area contributed by atoms with Crippen LogP contribution in [-0.4, -0.2) is 53.6 Å². The molecule has 1 amide bonds. The lowest BCUT2D eigenvalue weighted by Crippen LogP contribution is -2.48. The van der Waals surface area contributed by atoms with Crippen molar-refractivity contribution in [2.75, 3.05) is 32.8 Å². The van der Waals surface area contributed by atoms with Crippen LogP contribution in [0.15, 0.2) is 28.8 Å². The van der Waals surface area contributed by atoms with E-state index in [-0.39, 0.29) is 11.3 Å². The first-order chi connectivity index (χ1) is 13.3. The lowest BCUT2D eigenvalue weighted by molar-refractivity contribution is 0.0623. The maximum atomic E-state index is 13.1. The molecule has 1 aliphatic rings. The molecule has 0 radical (unpaired) electrons. The van der Waals surface area contributed by atoms with Gasteiger partial charge in [-0.15, -0.1) is 0 Å². The third kappa shape index (κ3) is 4.38. The van der Waals surface area contributed by atoms with Crippen LogP contribution in [0.5, 0.6) is 5.75 Å². The lowest BCUT2D eigenvalue weighted by atomic mass is 9.88. The van der Waals surface area contributed by atoms with Crippen LogP contribution in [0.2, 0.25) is 0 Å². The minimum absolute atomic E-state index is 0.0260. The molecular formula is C22H31N3O3. The Hall–Kier alpha value is -2.34. The Labute approximate surface area is 167 Å². The van der Waals surface area contributed by atoms with E-state index in [0.717, 1.165) is 31.1 Å². The van der Waals surface area contributed by atoms with Crippen LogP contribution in [0.4, 0.5) is 0 Å². The van der Waals surface area contributed by atoms with Crippen LogP contribution in [-0.2, 0) is 12.0 Å². The Morgan fingerprint density at radius 1 is 1.18 bits per heavy atom. The Kier molecular flexibility index (Phi) is 6.08. The molecule has 152 valence electrons. The van der Waals surface area contributed by atoms with Gasteiger partial charge in [-0.25, -0.2) is 0 Å². The average Bonchev–Trinajstić information content (AvgIpc) is 3.05. The molecule has 1 aromatic heterocycles. The highest BCUT2D eigenvalue weighted by Gasteiger charge is 2.32. The van der Waals surface area contributed by atoms with Crippen molar-refractivity contribution in [3.63, 3.8) is 0 Å². The van der Waals surface area contributed by atoms with Gasteiger partial charge in [-0.1, -0.05) is 44.1 Å². The molecule has 0 N–H and O–H groups in total. The Morgan fingerprint density at radius 3 is 2.50 bits per heavy atom. The van der Waals surface area contributed by atoms with Crippen molar-refractivity contribution in [3.05, 3.63) is 46.8 Å². The van der Waals surface area contributed by atoms with Crippen LogP contribution in [0.1, 0.15) is 55.1 Å². The van der Waals surface area contributed by atoms with Crippen LogP contribution in [0, 0.1) is 6.92 Å². The maximum Gasteiger partial charge on any atom is 0.259 e. The van der Waals surface area contributed by atoms with E-state index >= 15 is 0 Å². The molecule has 0 spiro atoms. The molecule has 6 nitrogen and oxygen atoms in total. The van der Waals surface area contributed by atoms with Gasteiger partial charge in [-0.05, 0) is 19.9 Å². The number of hydrogen-bond donors (Lipinski definition) is 0. The van der Waals surface area contributed by atoms with Gasteiger partial charge >= 0.3 is 0 Å². The molecule has 1 fully saturated rings. The van der Waals surface area contributed by atoms with Crippen LogP contribution >= 0.6 is 0 Å². The molecule has 6 heteroatoms. The molecule has 1 aliphatic heterocycles. The Balaban J connectivity index is 1.65. The molecule has 3 rings (SSSR count). The van der Waals surface area contributed by atoms with Crippen molar-refractivity contribution in [1.29, 1.82) is 0 Å². The molecule has 0 unspecified atom stereocenters. The predicted octanol–water partition coefficient (Wildman–Crippen LogP) is 3.64. The van der Waals surface area contributed by atoms with Crippen LogP contribution in [0.25, 0.3) is 0 Å². The molecule has 2 heterocycles. The molecule has 0 aliphatic carbocycles. The normalized spacial score (nSPS) is 15.7. The summed E-state index contributed by atoms with van der Waals surface area (Å²) in [6.45, 7) is 14.5. The number of rotatable bonds is 5. The van der Waals surface area contributed by atoms with Gasteiger partial charge in [0.15, 0.2) is 0 Å². The average molecular weight is 386 g/mol. The minimum Gasteiger partial charge on any atom is -0.494 e. The van der Waals surface area contributed by atoms with Crippen molar-refractivity contribution in [2.45, 2.75) is 46.6 Å². The highest BCUT2D eigenvalue weighted by atomic mass is 16.5. The summed E-state index contributed by atoms with van der Waals surface area (Å²) in [6.07, 6.45) is 0. The summed E-state index contributed by atoms with van der Waals surface area (Å²) in [5.74, 6) is 1.57. The number of aryl methyl sites for hydroxylation is 1. The van der Waals surface area contributed by atoms with Crippen LogP contribution < -0.4 is 4.74 Å². The summed E-state index contributed by atoms with van der Waals surface area (Å²) in [4.78, 5) is 17.4. The number of hydrogen-bond acceptors (Lipinski definition) is 5. The number of ether oxygens (including phenoxy) is 1. The monoisotopic (exact) mass is 385 g/mol. The fourth-order valence-electron chi connectivity index (χ4n) is 3.57. The maximum absolute atomic E-state index is 13.1. The number of nitrogens with zero attached hydrogens (tertiary/aromatic N) is 3. The second-order valence-corrected chi connectivity index (χ2v) is 8.32. The predicted molar refractivity (Wildman–Crippen MR) is 109 cm³/mol. The fourth-order valence-corrected chi connectivity index (χ4v) is 3.57. The molecule has 0 atom stereocenters. The summed E-state index contributed by atoms with van der Waals surface area (Å²) in [7, 11) is 0. The van der Waals surface area contributed by atoms with E-state index < -0.39 is 0 Å². The third-order valence-corrected chi connectivity index (χ3v) is 5.11. The SMILES string of the molecule is CCOc1ccccc1CN1CCN(C(=O)c2c(C(C)(C)C)noc2C)CC1. The van der Waals surface area contributed by atoms with E-state index in [1.807, 2.05) is 36.9 Å². The van der Waals surface area contributed by atoms with Crippen molar-refractivity contribution in [2.24, 2.45) is 0 Å². The Morgan fingerprint density at radius 2 is 1.86 bits per heavy atom. The zero-order valence-corrected chi connectivity index (χ0v) is 17.6. The quantitative estimate of drug-likeness (QED) is 0.786. The van der Waals surface area contributed by atoms with Crippen molar-refractivity contribution >= 4 is 5.91 Å². The zero-order valence-electron chi connectivity index (χ0n) is 17.6. The number of benzene rings is 1. The van der Waals surface area contributed by atoms with E-state index in [1.165, 1.54) is 5.56 Å². The van der Waals surface area contributed by atoms with Crippen molar-refractivity contribution in [3.8, 4) is 5.75 Å². The number of amides is 1. The lowest BCUT2D eigenvalue weighted by Gasteiger charge is -2.35. The first kappa shape index (κ1) is 20.4. The first-order valence-corrected chi connectivity index (χ1v) is 10.00. The van der Waals surface area contributed by atoms with Gasteiger partial charge in [0.25, 0.3) is 5.91 Å². The second kappa shape index (κ2) is 8.35. The summed E-state index contributed by atoms with van der Waals surface area (Å²) >= 11 is 0. The summed E-state index contributed by atoms with van der Waals surface area (Å²) in [6, 6.07) is 8.17. The van der Waals surface area contributed by atoms with E-state index in [0.29, 0.717) is 31.0 Å². The first-order valence-electron chi connectivity index (χ1n) is 10.00. The molecule has 28 heavy (non-hydrogen) atoms. The number of piperazine rings is 1. The zero-order chi connectivity index (χ0) is 20.3. The summed E-state index contributed by atoms with van der Waals surface area (Å²) in [5, 5.41) is 4.15. The van der Waals surface area contributed by atoms with Crippen molar-refractivity contribution in [1.82, 2.24) is 15.0 Å². The van der Waals surface area contributed by atoms with Gasteiger partial charge in [0.2, 0.25) is 0 Å². The number of carbonyl (C=O) groups excluding carboxylic acids is 1. The standard InChI is InChI=1S/C22H31N3O3/c1-6-27-18-10-8-7-9-17(18)15-24-11-13-25(14-12-24)21(26)19-16(2)28-23-20(19)22(3,4)5/h7-10H,6,11-15H2,1-5H3. The second-order valence-electron chi connectivity index (χ2n) is 8.32. The topological polar surface area (TPSA) is 58.8 Å². The summed E-state index contributed by atoms with van der Waals surface area (Å²) in [5.41, 5.74) is 2.33. The highest BCUT2D eigenvalue weighted by Crippen LogP contribution is 2.28. The molecule has 0 saturated carbocycles. The Bertz CT molecular complexity index is 815. The van der Waals surface area contributed by atoms with Crippen molar-refractivity contribution < 1.29 is 14.1 Å². The van der Waals surface area contributed by atoms with Gasteiger partial charge in [-0.3, -0.25) is 9.69 Å². The smallest absolute Gasteiger partial charge is 0.259 e. The molecule has 2 aromatic rings. The molecular weight excluding hydrogens is 354 g/mol. The van der Waals surface area contributed by atoms with Gasteiger partial charge in [0, 0.05) is 43.7 Å². The number of aromatic nitrogens is 1. The highest BCUT2D eigenvalue weighted by molar-refractivity contribution is 5.96. The molecule has 1 aromatic carbocycles. The largest absolute Gasteiger partial charge is 0.494 e. The number of carbonyl (C=O) groups is 1. The third-order valence-electron chi connectivity index (χ3n) is 5.11. The van der Waals surface area contributed by atoms with E-state index in [4.69, 9.17) is 9.26 Å². The van der Waals surface area contributed by atoms with E-state index in [9.17, 15) is 4.79 Å². The summed E-state index contributed by atoms with van der Waals surface area (Å²) < 4.78 is 11.1. The van der Waals surface area contributed by atoms with Crippen LogP contribution in [0.3, 0.4) is 0 Å². The minimum atomic E-state index is -0.229. The van der Waals surface area contributed by atoms with E-state index in [2.05, 4.69) is 36.9 Å². The van der Waals surface area contributed by atoms with Gasteiger partial charge in [0.05, 0.1) is 6.61 Å². The van der Waals surface area contributed by atoms with Gasteiger partial charge in [0.1, 0.15) is 22.8 Å².